The van der Waals surface area contributed by atoms with E-state index in [2.05, 4.69) is 18.3 Å². The highest BCUT2D eigenvalue weighted by Crippen LogP contribution is 2.36. The molecule has 5 heteroatoms. The summed E-state index contributed by atoms with van der Waals surface area (Å²) in [5.74, 6) is -0.525. The van der Waals surface area contributed by atoms with E-state index in [9.17, 15) is 9.59 Å². The molecule has 0 bridgehead atoms. The number of carbonyl (C=O) groups excluding carboxylic acids is 1. The van der Waals surface area contributed by atoms with Gasteiger partial charge in [0.15, 0.2) is 6.61 Å². The molecule has 1 aliphatic rings. The van der Waals surface area contributed by atoms with Gasteiger partial charge in [-0.05, 0) is 56.9 Å². The molecule has 1 aromatic carbocycles. The Morgan fingerprint density at radius 2 is 2.09 bits per heavy atom. The molecule has 0 heterocycles. The molecule has 1 amide bonds. The maximum absolute atomic E-state index is 12.6. The van der Waals surface area contributed by atoms with Crippen LogP contribution in [0.3, 0.4) is 0 Å². The number of rotatable bonds is 5. The lowest BCUT2D eigenvalue weighted by atomic mass is 9.76. The quantitative estimate of drug-likeness (QED) is 0.815. The van der Waals surface area contributed by atoms with Gasteiger partial charge in [-0.2, -0.15) is 0 Å². The average molecular weight is 317 g/mol. The molecule has 1 aromatic rings. The van der Waals surface area contributed by atoms with E-state index < -0.39 is 5.97 Å². The molecule has 0 spiro atoms. The van der Waals surface area contributed by atoms with E-state index >= 15 is 0 Å². The Morgan fingerprint density at radius 3 is 2.65 bits per heavy atom. The van der Waals surface area contributed by atoms with Crippen LogP contribution in [-0.2, 0) is 9.59 Å². The van der Waals surface area contributed by atoms with Gasteiger partial charge in [-0.15, -0.1) is 0 Å². The predicted molar refractivity (Wildman–Crippen MR) is 88.7 cm³/mol. The minimum absolute atomic E-state index is 0.0172. The normalized spacial score (nSPS) is 20.6. The van der Waals surface area contributed by atoms with Crippen molar-refractivity contribution in [3.63, 3.8) is 0 Å². The van der Waals surface area contributed by atoms with Crippen molar-refractivity contribution in [2.24, 2.45) is 5.41 Å². The molecule has 0 radical (unpaired) electrons. The standard InChI is InChI=1S/C18H23NO4/c1-12-6-8-18(3,9-7-12)17(22)19-15-5-4-14(10-13(15)2)23-11-16(20)21/h4-6,10H,7-9,11H2,1-3H3,(H,19,22)(H,20,21). The van der Waals surface area contributed by atoms with E-state index in [1.54, 1.807) is 18.2 Å². The number of nitrogens with one attached hydrogen (secondary N) is 1. The van der Waals surface area contributed by atoms with Crippen molar-refractivity contribution in [2.75, 3.05) is 11.9 Å². The number of amides is 1. The molecule has 2 N–H and O–H groups in total. The molecule has 0 aliphatic heterocycles. The van der Waals surface area contributed by atoms with Gasteiger partial charge in [-0.25, -0.2) is 4.79 Å². The molecule has 0 fully saturated rings. The van der Waals surface area contributed by atoms with E-state index in [0.717, 1.165) is 30.5 Å². The average Bonchev–Trinajstić information content (AvgIpc) is 2.50. The summed E-state index contributed by atoms with van der Waals surface area (Å²) >= 11 is 0. The highest BCUT2D eigenvalue weighted by Gasteiger charge is 2.34. The number of ether oxygens (including phenoxy) is 1. The Hall–Kier alpha value is -2.30. The SMILES string of the molecule is CC1=CCC(C)(C(=O)Nc2ccc(OCC(=O)O)cc2C)CC1. The van der Waals surface area contributed by atoms with Crippen molar-refractivity contribution in [1.82, 2.24) is 0 Å². The molecule has 23 heavy (non-hydrogen) atoms. The van der Waals surface area contributed by atoms with E-state index in [-0.39, 0.29) is 17.9 Å². The number of carboxylic acids is 1. The van der Waals surface area contributed by atoms with Crippen LogP contribution in [-0.4, -0.2) is 23.6 Å². The number of hydrogen-bond acceptors (Lipinski definition) is 3. The highest BCUT2D eigenvalue weighted by atomic mass is 16.5. The summed E-state index contributed by atoms with van der Waals surface area (Å²) in [6, 6.07) is 5.14. The highest BCUT2D eigenvalue weighted by molar-refractivity contribution is 5.96. The molecule has 5 nitrogen and oxygen atoms in total. The van der Waals surface area contributed by atoms with Gasteiger partial charge < -0.3 is 15.2 Å². The maximum atomic E-state index is 12.6. The first-order valence-corrected chi connectivity index (χ1v) is 7.72. The van der Waals surface area contributed by atoms with Crippen LogP contribution in [0.25, 0.3) is 0 Å². The predicted octanol–water partition coefficient (Wildman–Crippen LogP) is 3.53. The van der Waals surface area contributed by atoms with Crippen LogP contribution in [0.4, 0.5) is 5.69 Å². The van der Waals surface area contributed by atoms with Gasteiger partial charge in [0.25, 0.3) is 0 Å². The van der Waals surface area contributed by atoms with Crippen molar-refractivity contribution in [2.45, 2.75) is 40.0 Å². The fourth-order valence-electron chi connectivity index (χ4n) is 2.57. The summed E-state index contributed by atoms with van der Waals surface area (Å²) in [6.45, 7) is 5.56. The lowest BCUT2D eigenvalue weighted by Crippen LogP contribution is -2.34. The third-order valence-electron chi connectivity index (χ3n) is 4.33. The van der Waals surface area contributed by atoms with E-state index in [4.69, 9.17) is 9.84 Å². The molecule has 0 saturated heterocycles. The van der Waals surface area contributed by atoms with Gasteiger partial charge >= 0.3 is 5.97 Å². The molecule has 2 rings (SSSR count). The first-order valence-electron chi connectivity index (χ1n) is 7.72. The second-order valence-electron chi connectivity index (χ2n) is 6.43. The lowest BCUT2D eigenvalue weighted by Gasteiger charge is -2.31. The zero-order valence-electron chi connectivity index (χ0n) is 13.8. The first-order chi connectivity index (χ1) is 10.8. The molecular weight excluding hydrogens is 294 g/mol. The second kappa shape index (κ2) is 6.86. The molecule has 1 atom stereocenters. The Labute approximate surface area is 136 Å². The number of carboxylic acid groups (broad SMARTS) is 1. The van der Waals surface area contributed by atoms with Gasteiger partial charge in [-0.3, -0.25) is 4.79 Å². The summed E-state index contributed by atoms with van der Waals surface area (Å²) in [7, 11) is 0. The largest absolute Gasteiger partial charge is 0.482 e. The van der Waals surface area contributed by atoms with Crippen LogP contribution in [0.15, 0.2) is 29.8 Å². The number of aryl methyl sites for hydroxylation is 1. The fourth-order valence-corrected chi connectivity index (χ4v) is 2.57. The van der Waals surface area contributed by atoms with Gasteiger partial charge in [0.2, 0.25) is 5.91 Å². The van der Waals surface area contributed by atoms with E-state index in [0.29, 0.717) is 5.75 Å². The van der Waals surface area contributed by atoms with Crippen molar-refractivity contribution < 1.29 is 19.4 Å². The first kappa shape index (κ1) is 17.1. The Kier molecular flexibility index (Phi) is 5.08. The third kappa shape index (κ3) is 4.34. The summed E-state index contributed by atoms with van der Waals surface area (Å²) < 4.78 is 5.14. The van der Waals surface area contributed by atoms with Crippen LogP contribution in [0, 0.1) is 12.3 Å². The summed E-state index contributed by atoms with van der Waals surface area (Å²) in [4.78, 5) is 23.1. The van der Waals surface area contributed by atoms with Crippen LogP contribution < -0.4 is 10.1 Å². The van der Waals surface area contributed by atoms with Crippen LogP contribution in [0.2, 0.25) is 0 Å². The second-order valence-corrected chi connectivity index (χ2v) is 6.43. The fraction of sp³-hybridized carbons (Fsp3) is 0.444. The molecule has 1 unspecified atom stereocenters. The molecule has 124 valence electrons. The van der Waals surface area contributed by atoms with Crippen LogP contribution >= 0.6 is 0 Å². The number of allylic oxidation sites excluding steroid dienone is 2. The number of carbonyl (C=O) groups is 2. The number of hydrogen-bond donors (Lipinski definition) is 2. The topological polar surface area (TPSA) is 75.6 Å². The number of benzene rings is 1. The van der Waals surface area contributed by atoms with Crippen molar-refractivity contribution in [3.05, 3.63) is 35.4 Å². The van der Waals surface area contributed by atoms with Crippen LogP contribution in [0.1, 0.15) is 38.7 Å². The van der Waals surface area contributed by atoms with Crippen molar-refractivity contribution >= 4 is 17.6 Å². The Morgan fingerprint density at radius 1 is 1.35 bits per heavy atom. The van der Waals surface area contributed by atoms with E-state index in [1.807, 2.05) is 13.8 Å². The van der Waals surface area contributed by atoms with Crippen molar-refractivity contribution in [3.8, 4) is 5.75 Å². The van der Waals surface area contributed by atoms with Crippen molar-refractivity contribution in [1.29, 1.82) is 0 Å². The molecule has 1 aliphatic carbocycles. The van der Waals surface area contributed by atoms with Gasteiger partial charge in [-0.1, -0.05) is 18.6 Å². The zero-order chi connectivity index (χ0) is 17.0. The number of anilines is 1. The Balaban J connectivity index is 2.05. The van der Waals surface area contributed by atoms with Gasteiger partial charge in [0, 0.05) is 5.69 Å². The summed E-state index contributed by atoms with van der Waals surface area (Å²) in [5.41, 5.74) is 2.52. The van der Waals surface area contributed by atoms with Crippen LogP contribution in [0.5, 0.6) is 5.75 Å². The minimum Gasteiger partial charge on any atom is -0.482 e. The van der Waals surface area contributed by atoms with Gasteiger partial charge in [0.1, 0.15) is 5.75 Å². The monoisotopic (exact) mass is 317 g/mol. The molecule has 0 saturated carbocycles. The number of aliphatic carboxylic acids is 1. The van der Waals surface area contributed by atoms with Gasteiger partial charge in [0.05, 0.1) is 5.41 Å². The third-order valence-corrected chi connectivity index (χ3v) is 4.33. The zero-order valence-corrected chi connectivity index (χ0v) is 13.8. The molecule has 0 aromatic heterocycles. The smallest absolute Gasteiger partial charge is 0.341 e. The van der Waals surface area contributed by atoms with E-state index in [1.165, 1.54) is 5.57 Å². The summed E-state index contributed by atoms with van der Waals surface area (Å²) in [5, 5.41) is 11.6. The minimum atomic E-state index is -1.02. The summed E-state index contributed by atoms with van der Waals surface area (Å²) in [6.07, 6.45) is 4.69. The lowest BCUT2D eigenvalue weighted by molar-refractivity contribution is -0.139. The molecular formula is C18H23NO4. The Bertz CT molecular complexity index is 650. The maximum Gasteiger partial charge on any atom is 0.341 e.